The van der Waals surface area contributed by atoms with E-state index in [1.165, 1.54) is 0 Å². The molecule has 5 heteroatoms. The minimum atomic E-state index is -0.222. The molecule has 0 aliphatic heterocycles. The van der Waals surface area contributed by atoms with Crippen LogP contribution in [0.3, 0.4) is 0 Å². The predicted molar refractivity (Wildman–Crippen MR) is 112 cm³/mol. The maximum atomic E-state index is 13.4. The van der Waals surface area contributed by atoms with Crippen molar-refractivity contribution in [3.05, 3.63) is 101 Å². The van der Waals surface area contributed by atoms with Gasteiger partial charge in [-0.05, 0) is 36.4 Å². The van der Waals surface area contributed by atoms with E-state index < -0.39 is 0 Å². The average molecular weight is 379 g/mol. The summed E-state index contributed by atoms with van der Waals surface area (Å²) in [5.41, 5.74) is 3.43. The summed E-state index contributed by atoms with van der Waals surface area (Å²) in [6, 6.07) is 24.0. The number of aromatic nitrogens is 2. The van der Waals surface area contributed by atoms with Crippen LogP contribution in [0, 0.1) is 11.3 Å². The van der Waals surface area contributed by atoms with Crippen molar-refractivity contribution in [1.29, 1.82) is 5.26 Å². The summed E-state index contributed by atoms with van der Waals surface area (Å²) < 4.78 is 6.88. The van der Waals surface area contributed by atoms with Gasteiger partial charge in [-0.2, -0.15) is 5.26 Å². The number of rotatable bonds is 4. The molecule has 0 saturated carbocycles. The van der Waals surface area contributed by atoms with Crippen molar-refractivity contribution in [2.45, 2.75) is 0 Å². The standard InChI is InChI=1S/C24H17N3O2/c1-29-20-9-6-8-19(14-20)27-16-18(23-11-4-5-12-26-23)13-22(24(27)28)21-10-3-2-7-17(21)15-25/h2-14,16H,1H3. The van der Waals surface area contributed by atoms with Gasteiger partial charge in [-0.15, -0.1) is 0 Å². The van der Waals surface area contributed by atoms with Crippen LogP contribution in [0.15, 0.2) is 90.0 Å². The molecule has 29 heavy (non-hydrogen) atoms. The monoisotopic (exact) mass is 379 g/mol. The third-order valence-electron chi connectivity index (χ3n) is 4.65. The van der Waals surface area contributed by atoms with Crippen LogP contribution in [0.25, 0.3) is 28.1 Å². The van der Waals surface area contributed by atoms with Crippen LogP contribution in [-0.4, -0.2) is 16.7 Å². The van der Waals surface area contributed by atoms with Gasteiger partial charge < -0.3 is 4.74 Å². The fraction of sp³-hybridized carbons (Fsp3) is 0.0417. The number of methoxy groups -OCH3 is 1. The van der Waals surface area contributed by atoms with Gasteiger partial charge in [0.15, 0.2) is 0 Å². The molecule has 0 bridgehead atoms. The average Bonchev–Trinajstić information content (AvgIpc) is 2.80. The van der Waals surface area contributed by atoms with Crippen molar-refractivity contribution in [1.82, 2.24) is 9.55 Å². The second-order valence-corrected chi connectivity index (χ2v) is 6.39. The third kappa shape index (κ3) is 3.52. The topological polar surface area (TPSA) is 67.9 Å². The molecular formula is C24H17N3O2. The predicted octanol–water partition coefficient (Wildman–Crippen LogP) is 4.45. The molecule has 0 aliphatic carbocycles. The molecule has 2 aromatic heterocycles. The molecular weight excluding hydrogens is 362 g/mol. The van der Waals surface area contributed by atoms with Crippen LogP contribution in [0.4, 0.5) is 0 Å². The van der Waals surface area contributed by atoms with Crippen LogP contribution in [0.2, 0.25) is 0 Å². The van der Waals surface area contributed by atoms with Gasteiger partial charge >= 0.3 is 0 Å². The Labute approximate surface area is 168 Å². The fourth-order valence-corrected chi connectivity index (χ4v) is 3.22. The number of nitrogens with zero attached hydrogens (tertiary/aromatic N) is 3. The summed E-state index contributed by atoms with van der Waals surface area (Å²) in [6.45, 7) is 0. The first-order valence-corrected chi connectivity index (χ1v) is 9.03. The molecule has 0 amide bonds. The molecule has 4 rings (SSSR count). The Morgan fingerprint density at radius 3 is 2.55 bits per heavy atom. The Hall–Kier alpha value is -4.17. The van der Waals surface area contributed by atoms with Gasteiger partial charge in [0.2, 0.25) is 0 Å². The quantitative estimate of drug-likeness (QED) is 0.525. The Morgan fingerprint density at radius 1 is 0.966 bits per heavy atom. The van der Waals surface area contributed by atoms with Gasteiger partial charge in [0, 0.05) is 35.2 Å². The van der Waals surface area contributed by atoms with Crippen LogP contribution < -0.4 is 10.3 Å². The van der Waals surface area contributed by atoms with E-state index in [0.29, 0.717) is 28.1 Å². The number of ether oxygens (including phenoxy) is 1. The highest BCUT2D eigenvalue weighted by Crippen LogP contribution is 2.26. The zero-order chi connectivity index (χ0) is 20.2. The van der Waals surface area contributed by atoms with E-state index in [4.69, 9.17) is 4.74 Å². The van der Waals surface area contributed by atoms with Gasteiger partial charge in [0.1, 0.15) is 5.75 Å². The van der Waals surface area contributed by atoms with Crippen LogP contribution in [0.5, 0.6) is 5.75 Å². The van der Waals surface area contributed by atoms with E-state index in [2.05, 4.69) is 11.1 Å². The van der Waals surface area contributed by atoms with Crippen molar-refractivity contribution in [3.63, 3.8) is 0 Å². The van der Waals surface area contributed by atoms with Gasteiger partial charge in [0.05, 0.1) is 30.1 Å². The SMILES string of the molecule is COc1cccc(-n2cc(-c3ccccn3)cc(-c3ccccc3C#N)c2=O)c1. The molecule has 140 valence electrons. The lowest BCUT2D eigenvalue weighted by Gasteiger charge is -2.13. The molecule has 0 saturated heterocycles. The van der Waals surface area contributed by atoms with E-state index in [1.54, 1.807) is 54.4 Å². The largest absolute Gasteiger partial charge is 0.497 e. The summed E-state index contributed by atoms with van der Waals surface area (Å²) in [4.78, 5) is 17.8. The molecule has 0 spiro atoms. The van der Waals surface area contributed by atoms with Crippen molar-refractivity contribution in [3.8, 4) is 39.9 Å². The lowest BCUT2D eigenvalue weighted by atomic mass is 9.99. The van der Waals surface area contributed by atoms with Crippen LogP contribution >= 0.6 is 0 Å². The number of benzene rings is 2. The van der Waals surface area contributed by atoms with Gasteiger partial charge in [-0.25, -0.2) is 0 Å². The Morgan fingerprint density at radius 2 is 1.79 bits per heavy atom. The van der Waals surface area contributed by atoms with Gasteiger partial charge in [-0.1, -0.05) is 30.3 Å². The molecule has 0 N–H and O–H groups in total. The summed E-state index contributed by atoms with van der Waals surface area (Å²) >= 11 is 0. The summed E-state index contributed by atoms with van der Waals surface area (Å²) in [5, 5.41) is 9.52. The molecule has 5 nitrogen and oxygen atoms in total. The zero-order valence-corrected chi connectivity index (χ0v) is 15.7. The van der Waals surface area contributed by atoms with Crippen molar-refractivity contribution >= 4 is 0 Å². The molecule has 0 atom stereocenters. The first-order valence-electron chi connectivity index (χ1n) is 9.03. The highest BCUT2D eigenvalue weighted by Gasteiger charge is 2.15. The van der Waals surface area contributed by atoms with E-state index in [9.17, 15) is 10.1 Å². The van der Waals surface area contributed by atoms with Gasteiger partial charge in [0.25, 0.3) is 5.56 Å². The Kier molecular flexibility index (Phi) is 4.91. The molecule has 0 aliphatic rings. The summed E-state index contributed by atoms with van der Waals surface area (Å²) in [6.07, 6.45) is 3.47. The van der Waals surface area contributed by atoms with Crippen LogP contribution in [-0.2, 0) is 0 Å². The zero-order valence-electron chi connectivity index (χ0n) is 15.7. The molecule has 4 aromatic rings. The van der Waals surface area contributed by atoms with Crippen molar-refractivity contribution < 1.29 is 4.74 Å². The van der Waals surface area contributed by atoms with E-state index in [1.807, 2.05) is 42.5 Å². The van der Waals surface area contributed by atoms with Crippen molar-refractivity contribution in [2.75, 3.05) is 7.11 Å². The highest BCUT2D eigenvalue weighted by molar-refractivity contribution is 5.74. The van der Waals surface area contributed by atoms with Gasteiger partial charge in [-0.3, -0.25) is 14.3 Å². The first kappa shape index (κ1) is 18.2. The molecule has 0 unspecified atom stereocenters. The number of hydrogen-bond donors (Lipinski definition) is 0. The molecule has 2 heterocycles. The molecule has 0 radical (unpaired) electrons. The Balaban J connectivity index is 2.03. The highest BCUT2D eigenvalue weighted by atomic mass is 16.5. The second-order valence-electron chi connectivity index (χ2n) is 6.39. The minimum absolute atomic E-state index is 0.222. The minimum Gasteiger partial charge on any atom is -0.497 e. The maximum absolute atomic E-state index is 13.4. The summed E-state index contributed by atoms with van der Waals surface area (Å²) in [7, 11) is 1.58. The third-order valence-corrected chi connectivity index (χ3v) is 4.65. The van der Waals surface area contributed by atoms with E-state index in [0.717, 1.165) is 11.3 Å². The lowest BCUT2D eigenvalue weighted by molar-refractivity contribution is 0.414. The van der Waals surface area contributed by atoms with E-state index >= 15 is 0 Å². The molecule has 2 aromatic carbocycles. The first-order chi connectivity index (χ1) is 14.2. The van der Waals surface area contributed by atoms with E-state index in [-0.39, 0.29) is 5.56 Å². The summed E-state index contributed by atoms with van der Waals surface area (Å²) in [5.74, 6) is 0.650. The maximum Gasteiger partial charge on any atom is 0.263 e. The number of pyridine rings is 2. The normalized spacial score (nSPS) is 10.3. The van der Waals surface area contributed by atoms with Crippen LogP contribution in [0.1, 0.15) is 5.56 Å². The Bertz CT molecular complexity index is 1270. The second kappa shape index (κ2) is 7.83. The van der Waals surface area contributed by atoms with Crippen molar-refractivity contribution in [2.24, 2.45) is 0 Å². The lowest BCUT2D eigenvalue weighted by Crippen LogP contribution is -2.20. The number of hydrogen-bond acceptors (Lipinski definition) is 4. The fourth-order valence-electron chi connectivity index (χ4n) is 3.22. The molecule has 0 fully saturated rings. The smallest absolute Gasteiger partial charge is 0.263 e. The number of nitriles is 1.